The molecular weight excluding hydrogens is 555 g/mol. The van der Waals surface area contributed by atoms with Crippen molar-refractivity contribution in [1.82, 2.24) is 10.1 Å². The number of anilines is 1. The van der Waals surface area contributed by atoms with Crippen LogP contribution in [-0.4, -0.2) is 16.0 Å². The molecule has 0 aliphatic carbocycles. The van der Waals surface area contributed by atoms with Gasteiger partial charge in [0.15, 0.2) is 5.82 Å². The maximum absolute atomic E-state index is 13.5. The molecule has 12 heteroatoms. The molecule has 3 aromatic carbocycles. The van der Waals surface area contributed by atoms with Crippen LogP contribution in [0.3, 0.4) is 0 Å². The summed E-state index contributed by atoms with van der Waals surface area (Å²) in [7, 11) is 0. The van der Waals surface area contributed by atoms with E-state index in [2.05, 4.69) is 15.5 Å². The molecule has 0 aliphatic rings. The predicted octanol–water partition coefficient (Wildman–Crippen LogP) is 7.33. The fraction of sp³-hybridized carbons (Fsp3) is 0.111. The molecule has 0 radical (unpaired) electrons. The lowest BCUT2D eigenvalue weighted by Gasteiger charge is -2.15. The van der Waals surface area contributed by atoms with Gasteiger partial charge in [-0.25, -0.2) is 9.95 Å². The van der Waals surface area contributed by atoms with E-state index in [1.165, 1.54) is 18.2 Å². The molecule has 0 fully saturated rings. The van der Waals surface area contributed by atoms with Gasteiger partial charge in [0.05, 0.1) is 23.2 Å². The summed E-state index contributed by atoms with van der Waals surface area (Å²) in [5, 5.41) is 5.75. The second kappa shape index (κ2) is 10.2. The Kier molecular flexibility index (Phi) is 6.87. The summed E-state index contributed by atoms with van der Waals surface area (Å²) >= 11 is 11.2. The van der Waals surface area contributed by atoms with Crippen LogP contribution < -0.4 is 10.9 Å². The molecule has 1 amide bonds. The number of rotatable bonds is 5. The molecule has 0 spiro atoms. The van der Waals surface area contributed by atoms with Gasteiger partial charge in [-0.05, 0) is 54.5 Å². The zero-order valence-corrected chi connectivity index (χ0v) is 21.6. The first-order valence-corrected chi connectivity index (χ1v) is 12.2. The monoisotopic (exact) mass is 571 g/mol. The van der Waals surface area contributed by atoms with Crippen LogP contribution in [0.2, 0.25) is 5.02 Å². The van der Waals surface area contributed by atoms with Gasteiger partial charge in [0.25, 0.3) is 0 Å². The Bertz CT molecular complexity index is 1860. The van der Waals surface area contributed by atoms with Gasteiger partial charge in [-0.15, -0.1) is 0 Å². The zero-order valence-electron chi connectivity index (χ0n) is 20.0. The number of hydrogen-bond acceptors (Lipinski definition) is 6. The Morgan fingerprint density at radius 1 is 1.10 bits per heavy atom. The highest BCUT2D eigenvalue weighted by molar-refractivity contribution is 7.71. The third-order valence-electron chi connectivity index (χ3n) is 5.99. The molecule has 2 N–H and O–H groups in total. The number of halogens is 4. The number of amides is 1. The van der Waals surface area contributed by atoms with Crippen LogP contribution in [-0.2, 0) is 17.4 Å². The van der Waals surface area contributed by atoms with E-state index in [1.807, 2.05) is 0 Å². The van der Waals surface area contributed by atoms with Crippen LogP contribution >= 0.6 is 23.8 Å². The van der Waals surface area contributed by atoms with Crippen LogP contribution in [0.4, 0.5) is 18.9 Å². The molecule has 0 saturated heterocycles. The maximum atomic E-state index is 13.5. The Morgan fingerprint density at radius 2 is 1.85 bits per heavy atom. The van der Waals surface area contributed by atoms with Crippen LogP contribution in [0.25, 0.3) is 33.5 Å². The third kappa shape index (κ3) is 5.36. The summed E-state index contributed by atoms with van der Waals surface area (Å²) in [5.41, 5.74) is 0.0269. The normalized spacial score (nSPS) is 11.6. The molecule has 0 atom stereocenters. The van der Waals surface area contributed by atoms with Crippen LogP contribution in [0, 0.1) is 11.8 Å². The molecular formula is C27H17ClF3N3O4S. The van der Waals surface area contributed by atoms with Gasteiger partial charge in [0.1, 0.15) is 5.58 Å². The Balaban J connectivity index is 1.65. The molecule has 7 nitrogen and oxygen atoms in total. The van der Waals surface area contributed by atoms with Gasteiger partial charge < -0.3 is 14.3 Å². The summed E-state index contributed by atoms with van der Waals surface area (Å²) in [6.45, 7) is 1.77. The smallest absolute Gasteiger partial charge is 0.418 e. The quantitative estimate of drug-likeness (QED) is 0.169. The number of H-pyrrole nitrogens is 1. The molecule has 39 heavy (non-hydrogen) atoms. The lowest BCUT2D eigenvalue weighted by atomic mass is 9.93. The van der Waals surface area contributed by atoms with Crippen molar-refractivity contribution < 1.29 is 26.9 Å². The highest BCUT2D eigenvalue weighted by Crippen LogP contribution is 2.37. The molecule has 0 bridgehead atoms. The molecule has 198 valence electrons. The topological polar surface area (TPSA) is 101 Å². The minimum Gasteiger partial charge on any atom is -0.422 e. The van der Waals surface area contributed by atoms with Crippen LogP contribution in [0.1, 0.15) is 16.7 Å². The molecule has 0 saturated carbocycles. The number of benzene rings is 3. The standard InChI is InChI=1S/C27H17ClF3N3O4S/c1-13-9-16-21(12-19(13)28)37-25(36)17(11-22(35)32-20-8-3-2-7-18(20)27(29,30)31)23(16)14-5-4-6-15(10-14)24-33-26(39)38-34-24/h2-10,12H,11H2,1H3,(H,32,35)(H,33,34,39). The summed E-state index contributed by atoms with van der Waals surface area (Å²) in [5.74, 6) is -0.488. The van der Waals surface area contributed by atoms with Crippen molar-refractivity contribution in [2.24, 2.45) is 0 Å². The second-order valence-electron chi connectivity index (χ2n) is 8.62. The number of aromatic nitrogens is 2. The minimum absolute atomic E-state index is 0.00275. The number of aryl methyl sites for hydroxylation is 1. The first kappa shape index (κ1) is 26.4. The van der Waals surface area contributed by atoms with E-state index < -0.39 is 35.4 Å². The van der Waals surface area contributed by atoms with E-state index in [1.54, 1.807) is 37.3 Å². The molecule has 5 aromatic rings. The molecule has 2 aromatic heterocycles. The summed E-state index contributed by atoms with van der Waals surface area (Å²) in [4.78, 5) is 30.3. The number of para-hydroxylation sites is 1. The van der Waals surface area contributed by atoms with E-state index in [0.29, 0.717) is 38.5 Å². The summed E-state index contributed by atoms with van der Waals surface area (Å²) < 4.78 is 50.9. The van der Waals surface area contributed by atoms with Crippen LogP contribution in [0.5, 0.6) is 0 Å². The minimum atomic E-state index is -4.68. The van der Waals surface area contributed by atoms with Crippen molar-refractivity contribution in [2.45, 2.75) is 19.5 Å². The van der Waals surface area contributed by atoms with Crippen molar-refractivity contribution in [2.75, 3.05) is 5.32 Å². The first-order chi connectivity index (χ1) is 18.5. The molecule has 0 aliphatic heterocycles. The van der Waals surface area contributed by atoms with Gasteiger partial charge in [-0.2, -0.15) is 18.2 Å². The van der Waals surface area contributed by atoms with Crippen molar-refractivity contribution in [1.29, 1.82) is 0 Å². The van der Waals surface area contributed by atoms with E-state index in [9.17, 15) is 22.8 Å². The number of aromatic amines is 1. The lowest BCUT2D eigenvalue weighted by Crippen LogP contribution is -2.22. The molecule has 2 heterocycles. The van der Waals surface area contributed by atoms with Gasteiger partial charge >= 0.3 is 16.6 Å². The predicted molar refractivity (Wildman–Crippen MR) is 142 cm³/mol. The highest BCUT2D eigenvalue weighted by atomic mass is 35.5. The lowest BCUT2D eigenvalue weighted by molar-refractivity contribution is -0.137. The number of fused-ring (bicyclic) bond motifs is 1. The number of carbonyl (C=O) groups excluding carboxylic acids is 1. The van der Waals surface area contributed by atoms with E-state index >= 15 is 0 Å². The number of nitrogens with zero attached hydrogens (tertiary/aromatic N) is 1. The van der Waals surface area contributed by atoms with Crippen molar-refractivity contribution in [3.63, 3.8) is 0 Å². The third-order valence-corrected chi connectivity index (χ3v) is 6.57. The number of nitrogens with one attached hydrogen (secondary N) is 2. The fourth-order valence-corrected chi connectivity index (χ4v) is 4.51. The van der Waals surface area contributed by atoms with Gasteiger partial charge in [0, 0.05) is 27.6 Å². The SMILES string of the molecule is Cc1cc2c(-c3cccc(-c4nc(=S)o[nH]4)c3)c(CC(=O)Nc3ccccc3C(F)(F)F)c(=O)oc2cc1Cl. The Morgan fingerprint density at radius 3 is 2.56 bits per heavy atom. The summed E-state index contributed by atoms with van der Waals surface area (Å²) in [6.07, 6.45) is -5.24. The first-order valence-electron chi connectivity index (χ1n) is 11.4. The van der Waals surface area contributed by atoms with Crippen molar-refractivity contribution in [3.05, 3.63) is 97.6 Å². The molecule has 5 rings (SSSR count). The van der Waals surface area contributed by atoms with Gasteiger partial charge in [-0.1, -0.05) is 41.9 Å². The Labute approximate surface area is 228 Å². The average molecular weight is 572 g/mol. The average Bonchev–Trinajstić information content (AvgIpc) is 3.32. The van der Waals surface area contributed by atoms with E-state index in [0.717, 1.165) is 12.1 Å². The number of alkyl halides is 3. The summed E-state index contributed by atoms with van der Waals surface area (Å²) in [6, 6.07) is 14.7. The van der Waals surface area contributed by atoms with E-state index in [-0.39, 0.29) is 16.0 Å². The second-order valence-corrected chi connectivity index (χ2v) is 9.38. The maximum Gasteiger partial charge on any atom is 0.418 e. The van der Waals surface area contributed by atoms with E-state index in [4.69, 9.17) is 32.8 Å². The van der Waals surface area contributed by atoms with Crippen molar-refractivity contribution >= 4 is 46.4 Å². The Hall–Kier alpha value is -4.22. The zero-order chi connectivity index (χ0) is 27.9. The largest absolute Gasteiger partial charge is 0.422 e. The highest BCUT2D eigenvalue weighted by Gasteiger charge is 2.33. The van der Waals surface area contributed by atoms with Gasteiger partial charge in [0.2, 0.25) is 5.91 Å². The van der Waals surface area contributed by atoms with Crippen molar-refractivity contribution in [3.8, 4) is 22.5 Å². The molecule has 0 unspecified atom stereocenters. The fourth-order valence-electron chi connectivity index (χ4n) is 4.23. The number of carbonyl (C=O) groups is 1. The van der Waals surface area contributed by atoms with Gasteiger partial charge in [-0.3, -0.25) is 4.79 Å². The number of hydrogen-bond donors (Lipinski definition) is 2. The van der Waals surface area contributed by atoms with Crippen LogP contribution in [0.15, 0.2) is 74.4 Å².